The van der Waals surface area contributed by atoms with Crippen molar-refractivity contribution in [2.75, 3.05) is 0 Å². The minimum atomic E-state index is -1.64. The van der Waals surface area contributed by atoms with E-state index in [0.717, 1.165) is 9.95 Å². The lowest BCUT2D eigenvalue weighted by Crippen LogP contribution is -2.28. The van der Waals surface area contributed by atoms with Gasteiger partial charge in [-0.25, -0.2) is 0 Å². The van der Waals surface area contributed by atoms with E-state index in [9.17, 15) is 0 Å². The number of hydrogen-bond donors (Lipinski definition) is 0. The van der Waals surface area contributed by atoms with Crippen LogP contribution in [0.3, 0.4) is 0 Å². The van der Waals surface area contributed by atoms with Crippen molar-refractivity contribution in [3.63, 3.8) is 0 Å². The number of benzene rings is 2. The first-order valence-corrected chi connectivity index (χ1v) is 13.3. The Morgan fingerprint density at radius 3 is 2.17 bits per heavy atom. The lowest BCUT2D eigenvalue weighted by molar-refractivity contribution is 0.577. The summed E-state index contributed by atoms with van der Waals surface area (Å²) in [4.78, 5) is 1.26. The summed E-state index contributed by atoms with van der Waals surface area (Å²) in [6.07, 6.45) is 0. The Kier molecular flexibility index (Phi) is 5.07. The summed E-state index contributed by atoms with van der Waals surface area (Å²) in [7, 11) is -0.457. The molecule has 0 unspecified atom stereocenters. The molecule has 0 amide bonds. The topological polar surface area (TPSA) is 9.23 Å². The van der Waals surface area contributed by atoms with Crippen LogP contribution in [0.5, 0.6) is 5.48 Å². The van der Waals surface area contributed by atoms with Crippen molar-refractivity contribution in [1.82, 2.24) is 0 Å². The molecule has 0 fully saturated rings. The molecule has 3 rings (SSSR count). The van der Waals surface area contributed by atoms with E-state index < -0.39 is 8.32 Å². The molecule has 0 aliphatic heterocycles. The Morgan fingerprint density at radius 2 is 1.57 bits per heavy atom. The van der Waals surface area contributed by atoms with Crippen LogP contribution < -0.4 is 4.43 Å². The van der Waals surface area contributed by atoms with Gasteiger partial charge in [0.1, 0.15) is 5.48 Å². The van der Waals surface area contributed by atoms with Crippen LogP contribution >= 0.6 is 35.5 Å². The van der Waals surface area contributed by atoms with Gasteiger partial charge in [0, 0.05) is 4.47 Å². The van der Waals surface area contributed by atoms with Crippen LogP contribution in [0.1, 0.15) is 0 Å². The predicted molar refractivity (Wildman–Crippen MR) is 109 cm³/mol. The highest BCUT2D eigenvalue weighted by Gasteiger charge is 2.22. The number of rotatable bonds is 4. The lowest BCUT2D eigenvalue weighted by atomic mass is 10.2. The molecule has 0 aliphatic rings. The van der Waals surface area contributed by atoms with Crippen LogP contribution in [0, 0.1) is 0 Å². The van der Waals surface area contributed by atoms with E-state index in [0.29, 0.717) is 0 Å². The third-order valence-electron chi connectivity index (χ3n) is 3.13. The molecule has 5 heteroatoms. The molecule has 0 spiro atoms. The van der Waals surface area contributed by atoms with Gasteiger partial charge < -0.3 is 4.43 Å². The quantitative estimate of drug-likeness (QED) is 0.394. The molecule has 2 aromatic carbocycles. The van der Waals surface area contributed by atoms with Gasteiger partial charge in [-0.1, -0.05) is 58.4 Å². The number of hydrogen-bond acceptors (Lipinski definition) is 2. The minimum Gasteiger partial charge on any atom is -0.540 e. The van der Waals surface area contributed by atoms with E-state index in [1.165, 1.54) is 28.8 Å². The van der Waals surface area contributed by atoms with Crippen LogP contribution in [0.25, 0.3) is 20.6 Å². The van der Waals surface area contributed by atoms with E-state index in [1.54, 1.807) is 0 Å². The first kappa shape index (κ1) is 16.9. The van der Waals surface area contributed by atoms with Gasteiger partial charge in [-0.3, -0.25) is 0 Å². The van der Waals surface area contributed by atoms with E-state index in [-0.39, 0.29) is 0 Å². The molecule has 3 aromatic rings. The minimum absolute atomic E-state index is 1.11. The Morgan fingerprint density at radius 1 is 0.913 bits per heavy atom. The highest BCUT2D eigenvalue weighted by atomic mass is 79.9. The van der Waals surface area contributed by atoms with Crippen LogP contribution in [0.4, 0.5) is 0 Å². The van der Waals surface area contributed by atoms with Gasteiger partial charge in [0.2, 0.25) is 8.32 Å². The van der Waals surface area contributed by atoms with Crippen molar-refractivity contribution in [2.24, 2.45) is 0 Å². The maximum absolute atomic E-state index is 6.40. The molecule has 0 atom stereocenters. The summed E-state index contributed by atoms with van der Waals surface area (Å²) < 4.78 is 8.84. The van der Waals surface area contributed by atoms with Crippen LogP contribution in [-0.4, -0.2) is 8.32 Å². The van der Waals surface area contributed by atoms with E-state index in [4.69, 9.17) is 4.43 Å². The van der Waals surface area contributed by atoms with Gasteiger partial charge in [0.05, 0.1) is 9.49 Å². The van der Waals surface area contributed by atoms with Gasteiger partial charge >= 0.3 is 0 Å². The van der Waals surface area contributed by atoms with Crippen molar-refractivity contribution in [3.8, 4) is 26.1 Å². The number of halogens is 1. The van der Waals surface area contributed by atoms with E-state index in [1.807, 2.05) is 11.3 Å². The monoisotopic (exact) mass is 420 g/mol. The van der Waals surface area contributed by atoms with Crippen molar-refractivity contribution in [3.05, 3.63) is 59.1 Å². The third kappa shape index (κ3) is 4.33. The first-order valence-electron chi connectivity index (χ1n) is 7.43. The molecule has 23 heavy (non-hydrogen) atoms. The van der Waals surface area contributed by atoms with Crippen LogP contribution in [0.2, 0.25) is 19.6 Å². The fourth-order valence-corrected chi connectivity index (χ4v) is 6.68. The lowest BCUT2D eigenvalue weighted by Gasteiger charge is -2.18. The Balaban J connectivity index is 2.08. The maximum atomic E-state index is 6.40. The zero-order chi connectivity index (χ0) is 16.4. The van der Waals surface area contributed by atoms with Crippen molar-refractivity contribution in [1.29, 1.82) is 0 Å². The van der Waals surface area contributed by atoms with Crippen molar-refractivity contribution in [2.45, 2.75) is 19.6 Å². The summed E-state index contributed by atoms with van der Waals surface area (Å²) in [5, 5.41) is 0. The zero-order valence-corrected chi connectivity index (χ0v) is 17.6. The molecule has 118 valence electrons. The largest absolute Gasteiger partial charge is 0.540 e. The van der Waals surface area contributed by atoms with Gasteiger partial charge in [-0.05, 0) is 51.1 Å². The Hall–Kier alpha value is -0.933. The molecule has 1 aromatic heterocycles. The fraction of sp³-hybridized carbons (Fsp3) is 0.167. The average molecular weight is 421 g/mol. The van der Waals surface area contributed by atoms with Crippen molar-refractivity contribution >= 4 is 43.8 Å². The van der Waals surface area contributed by atoms with Crippen LogP contribution in [0.15, 0.2) is 59.1 Å². The van der Waals surface area contributed by atoms with Gasteiger partial charge in [0.25, 0.3) is 0 Å². The highest BCUT2D eigenvalue weighted by molar-refractivity contribution is 9.10. The maximum Gasteiger partial charge on any atom is 0.242 e. The third-order valence-corrected chi connectivity index (χ3v) is 7.38. The Labute approximate surface area is 152 Å². The molecule has 0 radical (unpaired) electrons. The summed E-state index contributed by atoms with van der Waals surface area (Å²) in [6, 6.07) is 19.1. The van der Waals surface area contributed by atoms with Gasteiger partial charge in [-0.15, -0.1) is 11.3 Å². The normalized spacial score (nSPS) is 11.8. The second-order valence-electron chi connectivity index (χ2n) is 6.24. The predicted octanol–water partition coefficient (Wildman–Crippen LogP) is 7.64. The van der Waals surface area contributed by atoms with E-state index >= 15 is 0 Å². The second-order valence-corrected chi connectivity index (χ2v) is 14.0. The molecule has 0 saturated carbocycles. The summed E-state index contributed by atoms with van der Waals surface area (Å²) >= 11 is 5.34. The van der Waals surface area contributed by atoms with E-state index in [2.05, 4.69) is 90.2 Å². The Bertz CT molecular complexity index is 794. The highest BCUT2D eigenvalue weighted by Crippen LogP contribution is 2.51. The zero-order valence-electron chi connectivity index (χ0n) is 13.3. The van der Waals surface area contributed by atoms with Crippen molar-refractivity contribution < 1.29 is 4.43 Å². The smallest absolute Gasteiger partial charge is 0.242 e. The molecule has 0 saturated heterocycles. The van der Waals surface area contributed by atoms with Gasteiger partial charge in [0.15, 0.2) is 0 Å². The average Bonchev–Trinajstić information content (AvgIpc) is 2.90. The molecular weight excluding hydrogens is 403 g/mol. The fourth-order valence-electron chi connectivity index (χ4n) is 2.15. The molecule has 0 bridgehead atoms. The molecule has 0 N–H and O–H groups in total. The molecular formula is C18H18BrOPSSi. The second kappa shape index (κ2) is 6.90. The summed E-state index contributed by atoms with van der Waals surface area (Å²) in [5.41, 5.74) is 3.62. The molecule has 0 aliphatic carbocycles. The standard InChI is InChI=1S/C18H18BrOPSSi/c1-23(2,3)20-17-16(13-7-5-4-6-8-13)22-18(21-17)14-9-11-15(19)12-10-14/h4-12H,1-3H3. The van der Waals surface area contributed by atoms with Gasteiger partial charge in [-0.2, -0.15) is 0 Å². The first-order chi connectivity index (χ1) is 10.9. The summed E-state index contributed by atoms with van der Waals surface area (Å²) in [5.74, 6) is 0. The molecule has 1 heterocycles. The molecule has 1 nitrogen and oxygen atoms in total. The SMILES string of the molecule is C[Si](C)(C)Oc1pc(-c2ccc(Br)cc2)sc1-c1ccccc1. The summed E-state index contributed by atoms with van der Waals surface area (Å²) in [6.45, 7) is 6.71. The van der Waals surface area contributed by atoms with Crippen LogP contribution in [-0.2, 0) is 0 Å².